The molecule has 2 N–H and O–H groups in total. The molecular weight excluding hydrogens is 267 g/mol. The van der Waals surface area contributed by atoms with Crippen LogP contribution in [-0.2, 0) is 0 Å². The number of halogens is 1. The lowest BCUT2D eigenvalue weighted by atomic mass is 10.0. The molecule has 0 unspecified atom stereocenters. The first-order chi connectivity index (χ1) is 9.40. The van der Waals surface area contributed by atoms with E-state index in [9.17, 15) is 19.3 Å². The number of rotatable bonds is 7. The second kappa shape index (κ2) is 6.83. The normalized spacial score (nSPS) is 10.6. The minimum absolute atomic E-state index is 0.0284. The molecule has 0 saturated carbocycles. The van der Waals surface area contributed by atoms with Gasteiger partial charge < -0.3 is 10.4 Å². The molecule has 6 nitrogen and oxygen atoms in total. The number of aromatic carboxylic acids is 1. The van der Waals surface area contributed by atoms with Crippen LogP contribution in [0.2, 0.25) is 0 Å². The molecule has 0 fully saturated rings. The third kappa shape index (κ3) is 3.66. The quantitative estimate of drug-likeness (QED) is 0.592. The second-order valence-corrected chi connectivity index (χ2v) is 4.47. The minimum atomic E-state index is -1.46. The van der Waals surface area contributed by atoms with E-state index in [2.05, 4.69) is 5.32 Å². The molecule has 7 heteroatoms. The highest BCUT2D eigenvalue weighted by atomic mass is 19.1. The number of carboxylic acids is 1. The topological polar surface area (TPSA) is 92.5 Å². The van der Waals surface area contributed by atoms with Gasteiger partial charge in [0.1, 0.15) is 11.5 Å². The number of hydrogen-bond donors (Lipinski definition) is 2. The van der Waals surface area contributed by atoms with Gasteiger partial charge in [-0.3, -0.25) is 10.1 Å². The largest absolute Gasteiger partial charge is 0.478 e. The van der Waals surface area contributed by atoms with Crippen molar-refractivity contribution in [1.82, 2.24) is 0 Å². The van der Waals surface area contributed by atoms with Gasteiger partial charge in [0.2, 0.25) is 0 Å². The molecule has 0 saturated heterocycles. The van der Waals surface area contributed by atoms with Crippen LogP contribution in [0.5, 0.6) is 0 Å². The predicted octanol–water partition coefficient (Wildman–Crippen LogP) is 3.28. The fourth-order valence-corrected chi connectivity index (χ4v) is 1.85. The molecule has 110 valence electrons. The van der Waals surface area contributed by atoms with Crippen molar-refractivity contribution in [1.29, 1.82) is 0 Å². The van der Waals surface area contributed by atoms with Gasteiger partial charge in [0.25, 0.3) is 5.69 Å². The van der Waals surface area contributed by atoms with E-state index in [1.54, 1.807) is 0 Å². The van der Waals surface area contributed by atoms with Gasteiger partial charge >= 0.3 is 5.97 Å². The van der Waals surface area contributed by atoms with Crippen molar-refractivity contribution >= 4 is 17.3 Å². The van der Waals surface area contributed by atoms with E-state index in [0.29, 0.717) is 18.5 Å². The Balaban J connectivity index is 3.11. The maximum absolute atomic E-state index is 13.5. The van der Waals surface area contributed by atoms with Gasteiger partial charge in [-0.15, -0.1) is 0 Å². The highest BCUT2D eigenvalue weighted by Gasteiger charge is 2.21. The lowest BCUT2D eigenvalue weighted by Crippen LogP contribution is -2.14. The van der Waals surface area contributed by atoms with Crippen molar-refractivity contribution in [3.05, 3.63) is 33.6 Å². The van der Waals surface area contributed by atoms with Crippen LogP contribution >= 0.6 is 0 Å². The molecule has 0 aliphatic rings. The van der Waals surface area contributed by atoms with Crippen molar-refractivity contribution in [2.24, 2.45) is 5.92 Å². The highest BCUT2D eigenvalue weighted by Crippen LogP contribution is 2.28. The molecule has 0 amide bonds. The zero-order chi connectivity index (χ0) is 15.3. The molecule has 0 radical (unpaired) electrons. The molecule has 0 heterocycles. The van der Waals surface area contributed by atoms with Gasteiger partial charge in [-0.2, -0.15) is 0 Å². The van der Waals surface area contributed by atoms with Crippen LogP contribution in [-0.4, -0.2) is 22.5 Å². The first kappa shape index (κ1) is 15.9. The lowest BCUT2D eigenvalue weighted by Gasteiger charge is -2.14. The number of hydrogen-bond acceptors (Lipinski definition) is 4. The summed E-state index contributed by atoms with van der Waals surface area (Å²) in [7, 11) is 0. The van der Waals surface area contributed by atoms with Crippen LogP contribution < -0.4 is 5.32 Å². The number of nitro groups is 1. The van der Waals surface area contributed by atoms with Gasteiger partial charge in [-0.1, -0.05) is 26.7 Å². The lowest BCUT2D eigenvalue weighted by molar-refractivity contribution is -0.384. The number of nitrogens with zero attached hydrogens (tertiary/aromatic N) is 1. The molecule has 1 rings (SSSR count). The van der Waals surface area contributed by atoms with Gasteiger partial charge in [0, 0.05) is 6.54 Å². The SMILES string of the molecule is CCC(CC)CNc1cc(C(=O)O)c(F)cc1[N+](=O)[O-]. The van der Waals surface area contributed by atoms with Crippen molar-refractivity contribution in [2.75, 3.05) is 11.9 Å². The first-order valence-electron chi connectivity index (χ1n) is 6.35. The average molecular weight is 284 g/mol. The standard InChI is InChI=1S/C13H17FN2O4/c1-3-8(4-2)7-15-11-5-9(13(17)18)10(14)6-12(11)16(19)20/h5-6,8,15H,3-4,7H2,1-2H3,(H,17,18). The Hall–Kier alpha value is -2.18. The molecule has 20 heavy (non-hydrogen) atoms. The zero-order valence-corrected chi connectivity index (χ0v) is 11.4. The Bertz CT molecular complexity index is 515. The summed E-state index contributed by atoms with van der Waals surface area (Å²) in [6.07, 6.45) is 1.79. The maximum atomic E-state index is 13.5. The molecule has 0 atom stereocenters. The molecule has 0 aliphatic heterocycles. The summed E-state index contributed by atoms with van der Waals surface area (Å²) in [5.41, 5.74) is -1.01. The number of carbonyl (C=O) groups is 1. The van der Waals surface area contributed by atoms with Crippen molar-refractivity contribution < 1.29 is 19.2 Å². The first-order valence-corrected chi connectivity index (χ1v) is 6.35. The summed E-state index contributed by atoms with van der Waals surface area (Å²) < 4.78 is 13.5. The zero-order valence-electron chi connectivity index (χ0n) is 11.4. The van der Waals surface area contributed by atoms with Crippen LogP contribution in [0.1, 0.15) is 37.0 Å². The number of nitro benzene ring substituents is 1. The van der Waals surface area contributed by atoms with Crippen molar-refractivity contribution in [3.8, 4) is 0 Å². The van der Waals surface area contributed by atoms with E-state index in [1.807, 2.05) is 13.8 Å². The molecule has 0 aliphatic carbocycles. The Labute approximate surface area is 115 Å². The van der Waals surface area contributed by atoms with E-state index in [-0.39, 0.29) is 5.69 Å². The summed E-state index contributed by atoms with van der Waals surface area (Å²) in [6.45, 7) is 4.47. The molecule has 1 aromatic rings. The average Bonchev–Trinajstić information content (AvgIpc) is 2.40. The summed E-state index contributed by atoms with van der Waals surface area (Å²) in [5.74, 6) is -2.26. The summed E-state index contributed by atoms with van der Waals surface area (Å²) in [4.78, 5) is 21.0. The fourth-order valence-electron chi connectivity index (χ4n) is 1.85. The molecule has 0 aromatic heterocycles. The summed E-state index contributed by atoms with van der Waals surface area (Å²) in [6, 6.07) is 1.61. The summed E-state index contributed by atoms with van der Waals surface area (Å²) in [5, 5.41) is 22.6. The van der Waals surface area contributed by atoms with Crippen LogP contribution in [0.25, 0.3) is 0 Å². The van der Waals surface area contributed by atoms with Crippen molar-refractivity contribution in [2.45, 2.75) is 26.7 Å². The van der Waals surface area contributed by atoms with Gasteiger partial charge in [0.15, 0.2) is 0 Å². The van der Waals surface area contributed by atoms with Crippen LogP contribution in [0, 0.1) is 21.8 Å². The van der Waals surface area contributed by atoms with Gasteiger partial charge in [-0.25, -0.2) is 9.18 Å². The third-order valence-electron chi connectivity index (χ3n) is 3.25. The van der Waals surface area contributed by atoms with E-state index >= 15 is 0 Å². The number of carboxylic acid groups (broad SMARTS) is 1. The fraction of sp³-hybridized carbons (Fsp3) is 0.462. The Kier molecular flexibility index (Phi) is 5.42. The molecule has 1 aromatic carbocycles. The Morgan fingerprint density at radius 2 is 2.05 bits per heavy atom. The molecular formula is C13H17FN2O4. The van der Waals surface area contributed by atoms with Crippen molar-refractivity contribution in [3.63, 3.8) is 0 Å². The Morgan fingerprint density at radius 1 is 1.45 bits per heavy atom. The van der Waals surface area contributed by atoms with E-state index < -0.39 is 28.0 Å². The predicted molar refractivity (Wildman–Crippen MR) is 72.6 cm³/mol. The second-order valence-electron chi connectivity index (χ2n) is 4.47. The smallest absolute Gasteiger partial charge is 0.338 e. The highest BCUT2D eigenvalue weighted by molar-refractivity contribution is 5.90. The number of benzene rings is 1. The van der Waals surface area contributed by atoms with E-state index in [4.69, 9.17) is 5.11 Å². The van der Waals surface area contributed by atoms with Crippen LogP contribution in [0.4, 0.5) is 15.8 Å². The third-order valence-corrected chi connectivity index (χ3v) is 3.25. The van der Waals surface area contributed by atoms with E-state index in [1.165, 1.54) is 0 Å². The molecule has 0 bridgehead atoms. The number of nitrogens with one attached hydrogen (secondary N) is 1. The minimum Gasteiger partial charge on any atom is -0.478 e. The van der Waals surface area contributed by atoms with Gasteiger partial charge in [-0.05, 0) is 12.0 Å². The molecule has 0 spiro atoms. The number of anilines is 1. The van der Waals surface area contributed by atoms with Crippen LogP contribution in [0.3, 0.4) is 0 Å². The van der Waals surface area contributed by atoms with Gasteiger partial charge in [0.05, 0.1) is 16.6 Å². The summed E-state index contributed by atoms with van der Waals surface area (Å²) >= 11 is 0. The van der Waals surface area contributed by atoms with Crippen LogP contribution in [0.15, 0.2) is 12.1 Å². The monoisotopic (exact) mass is 284 g/mol. The Morgan fingerprint density at radius 3 is 2.50 bits per heavy atom. The van der Waals surface area contributed by atoms with E-state index in [0.717, 1.165) is 18.9 Å². The maximum Gasteiger partial charge on any atom is 0.338 e.